The van der Waals surface area contributed by atoms with Crippen LogP contribution in [0.4, 0.5) is 5.69 Å². The molecule has 1 aliphatic heterocycles. The molecule has 20 heavy (non-hydrogen) atoms. The highest BCUT2D eigenvalue weighted by Gasteiger charge is 2.24. The molecule has 1 aliphatic rings. The number of nitrogen functional groups attached to an aromatic ring is 1. The Labute approximate surface area is 125 Å². The van der Waals surface area contributed by atoms with Gasteiger partial charge >= 0.3 is 0 Å². The molecule has 3 N–H and O–H groups in total. The van der Waals surface area contributed by atoms with E-state index in [1.807, 2.05) is 4.90 Å². The van der Waals surface area contributed by atoms with Crippen LogP contribution in [0.1, 0.15) is 43.0 Å². The van der Waals surface area contributed by atoms with E-state index in [1.54, 1.807) is 18.2 Å². The van der Waals surface area contributed by atoms with Crippen LogP contribution in [0, 0.1) is 5.92 Å². The Kier molecular flexibility index (Phi) is 5.26. The van der Waals surface area contributed by atoms with Crippen LogP contribution in [0.15, 0.2) is 18.2 Å². The predicted octanol–water partition coefficient (Wildman–Crippen LogP) is 3.28. The molecule has 5 heteroatoms. The fourth-order valence-corrected chi connectivity index (χ4v) is 2.99. The second-order valence-corrected chi connectivity index (χ2v) is 5.79. The summed E-state index contributed by atoms with van der Waals surface area (Å²) in [5, 5.41) is 0.549. The molecule has 4 nitrogen and oxygen atoms in total. The number of halogens is 1. The summed E-state index contributed by atoms with van der Waals surface area (Å²) in [6.07, 6.45) is 4.65. The smallest absolute Gasteiger partial charge is 0.256 e. The van der Waals surface area contributed by atoms with Crippen LogP contribution < -0.4 is 11.3 Å². The minimum Gasteiger partial charge on any atom is -0.339 e. The maximum absolute atomic E-state index is 12.6. The summed E-state index contributed by atoms with van der Waals surface area (Å²) in [5.74, 6) is 6.24. The summed E-state index contributed by atoms with van der Waals surface area (Å²) in [6, 6.07) is 5.14. The first kappa shape index (κ1) is 15.1. The van der Waals surface area contributed by atoms with Gasteiger partial charge in [0.2, 0.25) is 0 Å². The molecule has 1 fully saturated rings. The second-order valence-electron chi connectivity index (χ2n) is 5.36. The molecule has 0 saturated carbocycles. The standard InChI is InChI=1S/C15H22ClN3O/c1-2-3-11-6-8-19(9-7-11)15(20)13-10-12(16)4-5-14(13)18-17/h4-5,10-11,18H,2-3,6-9,17H2,1H3. The van der Waals surface area contributed by atoms with E-state index in [0.29, 0.717) is 16.3 Å². The molecule has 1 amide bonds. The Morgan fingerprint density at radius 3 is 2.75 bits per heavy atom. The summed E-state index contributed by atoms with van der Waals surface area (Å²) >= 11 is 5.98. The van der Waals surface area contributed by atoms with E-state index >= 15 is 0 Å². The van der Waals surface area contributed by atoms with E-state index in [9.17, 15) is 4.79 Å². The zero-order chi connectivity index (χ0) is 14.5. The molecular weight excluding hydrogens is 274 g/mol. The van der Waals surface area contributed by atoms with Gasteiger partial charge in [-0.05, 0) is 37.0 Å². The third kappa shape index (κ3) is 3.44. The van der Waals surface area contributed by atoms with Crippen molar-refractivity contribution in [3.63, 3.8) is 0 Å². The molecular formula is C15H22ClN3O. The molecule has 0 radical (unpaired) electrons. The first-order valence-electron chi connectivity index (χ1n) is 7.21. The first-order chi connectivity index (χ1) is 9.65. The van der Waals surface area contributed by atoms with Gasteiger partial charge in [0, 0.05) is 18.1 Å². The summed E-state index contributed by atoms with van der Waals surface area (Å²) < 4.78 is 0. The number of hydrogen-bond acceptors (Lipinski definition) is 3. The van der Waals surface area contributed by atoms with Crippen molar-refractivity contribution in [3.05, 3.63) is 28.8 Å². The average molecular weight is 296 g/mol. The van der Waals surface area contributed by atoms with Gasteiger partial charge in [0.1, 0.15) is 0 Å². The number of hydrazine groups is 1. The molecule has 2 rings (SSSR count). The minimum absolute atomic E-state index is 0.00963. The lowest BCUT2D eigenvalue weighted by atomic mass is 9.92. The molecule has 1 saturated heterocycles. The number of amides is 1. The van der Waals surface area contributed by atoms with Crippen LogP contribution >= 0.6 is 11.6 Å². The molecule has 0 aliphatic carbocycles. The van der Waals surface area contributed by atoms with Gasteiger partial charge in [-0.25, -0.2) is 0 Å². The topological polar surface area (TPSA) is 58.4 Å². The Bertz CT molecular complexity index is 470. The van der Waals surface area contributed by atoms with E-state index < -0.39 is 0 Å². The molecule has 1 aromatic rings. The number of anilines is 1. The molecule has 0 unspecified atom stereocenters. The Morgan fingerprint density at radius 2 is 2.15 bits per heavy atom. The SMILES string of the molecule is CCCC1CCN(C(=O)c2cc(Cl)ccc2NN)CC1. The number of rotatable bonds is 4. The van der Waals surface area contributed by atoms with Crippen molar-refractivity contribution in [1.82, 2.24) is 4.90 Å². The van der Waals surface area contributed by atoms with Crippen LogP contribution in [0.25, 0.3) is 0 Å². The largest absolute Gasteiger partial charge is 0.339 e. The highest BCUT2D eigenvalue weighted by molar-refractivity contribution is 6.31. The number of carbonyl (C=O) groups is 1. The number of hydrogen-bond donors (Lipinski definition) is 2. The minimum atomic E-state index is 0.00963. The van der Waals surface area contributed by atoms with Crippen LogP contribution in [0.2, 0.25) is 5.02 Å². The zero-order valence-corrected chi connectivity index (χ0v) is 12.6. The number of nitrogens with zero attached hydrogens (tertiary/aromatic N) is 1. The average Bonchev–Trinajstić information content (AvgIpc) is 2.47. The quantitative estimate of drug-likeness (QED) is 0.662. The molecule has 0 atom stereocenters. The number of piperidine rings is 1. The molecule has 1 aromatic carbocycles. The highest BCUT2D eigenvalue weighted by atomic mass is 35.5. The third-order valence-corrected chi connectivity index (χ3v) is 4.20. The normalized spacial score (nSPS) is 16.2. The van der Waals surface area contributed by atoms with Crippen molar-refractivity contribution in [3.8, 4) is 0 Å². The maximum Gasteiger partial charge on any atom is 0.256 e. The molecule has 0 spiro atoms. The van der Waals surface area contributed by atoms with Gasteiger partial charge in [-0.15, -0.1) is 0 Å². The monoisotopic (exact) mass is 295 g/mol. The number of benzene rings is 1. The van der Waals surface area contributed by atoms with E-state index in [-0.39, 0.29) is 5.91 Å². The first-order valence-corrected chi connectivity index (χ1v) is 7.59. The number of likely N-dealkylation sites (tertiary alicyclic amines) is 1. The van der Waals surface area contributed by atoms with Gasteiger partial charge in [-0.3, -0.25) is 10.6 Å². The van der Waals surface area contributed by atoms with Gasteiger partial charge in [-0.2, -0.15) is 0 Å². The van der Waals surface area contributed by atoms with Crippen LogP contribution in [-0.2, 0) is 0 Å². The van der Waals surface area contributed by atoms with E-state index in [4.69, 9.17) is 17.4 Å². The molecule has 0 aromatic heterocycles. The van der Waals surface area contributed by atoms with Gasteiger partial charge in [-0.1, -0.05) is 31.4 Å². The third-order valence-electron chi connectivity index (χ3n) is 3.97. The van der Waals surface area contributed by atoms with Gasteiger partial charge in [0.25, 0.3) is 5.91 Å². The van der Waals surface area contributed by atoms with Crippen molar-refractivity contribution in [2.24, 2.45) is 11.8 Å². The number of nitrogens with one attached hydrogen (secondary N) is 1. The number of nitrogens with two attached hydrogens (primary N) is 1. The summed E-state index contributed by atoms with van der Waals surface area (Å²) in [7, 11) is 0. The lowest BCUT2D eigenvalue weighted by Crippen LogP contribution is -2.38. The fourth-order valence-electron chi connectivity index (χ4n) is 2.82. The molecule has 110 valence electrons. The molecule has 0 bridgehead atoms. The highest BCUT2D eigenvalue weighted by Crippen LogP contribution is 2.26. The molecule has 1 heterocycles. The lowest BCUT2D eigenvalue weighted by Gasteiger charge is -2.32. The van der Waals surface area contributed by atoms with Crippen molar-refractivity contribution >= 4 is 23.2 Å². The number of carbonyl (C=O) groups excluding carboxylic acids is 1. The van der Waals surface area contributed by atoms with Gasteiger partial charge in [0.15, 0.2) is 0 Å². The summed E-state index contributed by atoms with van der Waals surface area (Å²) in [6.45, 7) is 3.85. The van der Waals surface area contributed by atoms with E-state index in [2.05, 4.69) is 12.3 Å². The summed E-state index contributed by atoms with van der Waals surface area (Å²) in [5.41, 5.74) is 3.74. The van der Waals surface area contributed by atoms with Crippen molar-refractivity contribution in [2.45, 2.75) is 32.6 Å². The van der Waals surface area contributed by atoms with Crippen molar-refractivity contribution in [1.29, 1.82) is 0 Å². The summed E-state index contributed by atoms with van der Waals surface area (Å²) in [4.78, 5) is 14.5. The van der Waals surface area contributed by atoms with Crippen LogP contribution in [0.3, 0.4) is 0 Å². The Balaban J connectivity index is 2.07. The predicted molar refractivity (Wildman–Crippen MR) is 82.8 cm³/mol. The van der Waals surface area contributed by atoms with Crippen molar-refractivity contribution in [2.75, 3.05) is 18.5 Å². The van der Waals surface area contributed by atoms with Crippen LogP contribution in [-0.4, -0.2) is 23.9 Å². The van der Waals surface area contributed by atoms with E-state index in [1.165, 1.54) is 12.8 Å². The zero-order valence-electron chi connectivity index (χ0n) is 11.9. The maximum atomic E-state index is 12.6. The van der Waals surface area contributed by atoms with Crippen LogP contribution in [0.5, 0.6) is 0 Å². The van der Waals surface area contributed by atoms with E-state index in [0.717, 1.165) is 31.8 Å². The second kappa shape index (κ2) is 6.95. The van der Waals surface area contributed by atoms with Gasteiger partial charge in [0.05, 0.1) is 11.3 Å². The fraction of sp³-hybridized carbons (Fsp3) is 0.533. The Hall–Kier alpha value is -1.26. The van der Waals surface area contributed by atoms with Crippen molar-refractivity contribution < 1.29 is 4.79 Å². The van der Waals surface area contributed by atoms with Gasteiger partial charge < -0.3 is 10.3 Å². The lowest BCUT2D eigenvalue weighted by molar-refractivity contribution is 0.0687. The Morgan fingerprint density at radius 1 is 1.45 bits per heavy atom.